The lowest BCUT2D eigenvalue weighted by atomic mass is 10.3. The van der Waals surface area contributed by atoms with E-state index in [0.717, 1.165) is 0 Å². The minimum atomic E-state index is -1.08. The Kier molecular flexibility index (Phi) is 3.49. The van der Waals surface area contributed by atoms with Gasteiger partial charge in [0.05, 0.1) is 0 Å². The van der Waals surface area contributed by atoms with Gasteiger partial charge >= 0.3 is 5.97 Å². The molecule has 1 aromatic heterocycles. The van der Waals surface area contributed by atoms with Crippen LogP contribution >= 0.6 is 0 Å². The zero-order chi connectivity index (χ0) is 11.4. The van der Waals surface area contributed by atoms with Crippen LogP contribution in [0.3, 0.4) is 0 Å². The molecule has 0 radical (unpaired) electrons. The molecule has 0 spiro atoms. The number of carboxylic acid groups (broad SMARTS) is 1. The number of carboxylic acids is 1. The number of amides is 1. The van der Waals surface area contributed by atoms with Gasteiger partial charge in [0.2, 0.25) is 0 Å². The fourth-order valence-corrected chi connectivity index (χ4v) is 1.02. The molecule has 0 saturated carbocycles. The van der Waals surface area contributed by atoms with E-state index in [4.69, 9.17) is 9.52 Å². The number of hydrogen-bond acceptors (Lipinski definition) is 3. The van der Waals surface area contributed by atoms with Gasteiger partial charge in [-0.15, -0.1) is 0 Å². The molecular weight excluding hydrogens is 198 g/mol. The zero-order valence-corrected chi connectivity index (χ0v) is 8.61. The Bertz CT molecular complexity index is 369. The van der Waals surface area contributed by atoms with Crippen LogP contribution < -0.4 is 5.32 Å². The van der Waals surface area contributed by atoms with Crippen LogP contribution in [0.15, 0.2) is 16.5 Å². The van der Waals surface area contributed by atoms with Crippen molar-refractivity contribution in [3.63, 3.8) is 0 Å². The van der Waals surface area contributed by atoms with E-state index < -0.39 is 17.9 Å². The molecule has 0 aromatic carbocycles. The first kappa shape index (κ1) is 11.3. The van der Waals surface area contributed by atoms with E-state index in [1.165, 1.54) is 13.0 Å². The summed E-state index contributed by atoms with van der Waals surface area (Å²) in [7, 11) is 0. The zero-order valence-electron chi connectivity index (χ0n) is 8.61. The van der Waals surface area contributed by atoms with Gasteiger partial charge in [-0.05, 0) is 19.1 Å². The lowest BCUT2D eigenvalue weighted by Gasteiger charge is -2.06. The van der Waals surface area contributed by atoms with Gasteiger partial charge in [-0.1, -0.05) is 6.92 Å². The highest BCUT2D eigenvalue weighted by Crippen LogP contribution is 2.08. The Morgan fingerprint density at radius 3 is 2.67 bits per heavy atom. The molecular formula is C10H13NO4. The maximum absolute atomic E-state index is 11.4. The summed E-state index contributed by atoms with van der Waals surface area (Å²) in [5.41, 5.74) is 0. The first-order valence-corrected chi connectivity index (χ1v) is 4.67. The van der Waals surface area contributed by atoms with Crippen molar-refractivity contribution >= 4 is 11.9 Å². The van der Waals surface area contributed by atoms with Crippen LogP contribution in [0.25, 0.3) is 0 Å². The highest BCUT2D eigenvalue weighted by molar-refractivity contribution is 5.94. The average Bonchev–Trinajstić information content (AvgIpc) is 2.65. The number of rotatable bonds is 4. The Morgan fingerprint density at radius 1 is 1.53 bits per heavy atom. The molecule has 0 unspecified atom stereocenters. The van der Waals surface area contributed by atoms with E-state index >= 15 is 0 Å². The van der Waals surface area contributed by atoms with Gasteiger partial charge in [-0.3, -0.25) is 9.59 Å². The van der Waals surface area contributed by atoms with Gasteiger partial charge < -0.3 is 14.8 Å². The summed E-state index contributed by atoms with van der Waals surface area (Å²) in [5.74, 6) is -0.752. The van der Waals surface area contributed by atoms with Gasteiger partial charge in [-0.2, -0.15) is 0 Å². The third kappa shape index (κ3) is 2.83. The largest absolute Gasteiger partial charge is 0.480 e. The predicted octanol–water partition coefficient (Wildman–Crippen LogP) is 1.04. The van der Waals surface area contributed by atoms with Crippen molar-refractivity contribution in [2.75, 3.05) is 0 Å². The molecule has 1 rings (SSSR count). The van der Waals surface area contributed by atoms with Crippen molar-refractivity contribution in [3.8, 4) is 0 Å². The summed E-state index contributed by atoms with van der Waals surface area (Å²) in [6.07, 6.45) is 0.696. The Balaban J connectivity index is 2.65. The van der Waals surface area contributed by atoms with Crippen molar-refractivity contribution < 1.29 is 19.1 Å². The average molecular weight is 211 g/mol. The van der Waals surface area contributed by atoms with E-state index in [9.17, 15) is 9.59 Å². The molecule has 1 heterocycles. The predicted molar refractivity (Wildman–Crippen MR) is 52.7 cm³/mol. The normalized spacial score (nSPS) is 12.1. The summed E-state index contributed by atoms with van der Waals surface area (Å²) in [4.78, 5) is 21.9. The molecule has 15 heavy (non-hydrogen) atoms. The highest BCUT2D eigenvalue weighted by Gasteiger charge is 2.17. The van der Waals surface area contributed by atoms with E-state index in [-0.39, 0.29) is 5.76 Å². The fraction of sp³-hybridized carbons (Fsp3) is 0.400. The lowest BCUT2D eigenvalue weighted by Crippen LogP contribution is -2.38. The second kappa shape index (κ2) is 4.63. The van der Waals surface area contributed by atoms with Crippen molar-refractivity contribution in [1.29, 1.82) is 0 Å². The molecule has 1 atom stereocenters. The van der Waals surface area contributed by atoms with Crippen LogP contribution in [0.5, 0.6) is 0 Å². The topological polar surface area (TPSA) is 79.5 Å². The Labute approximate surface area is 87.1 Å². The van der Waals surface area contributed by atoms with E-state index in [1.54, 1.807) is 6.07 Å². The molecule has 82 valence electrons. The van der Waals surface area contributed by atoms with Crippen LogP contribution in [-0.4, -0.2) is 23.0 Å². The van der Waals surface area contributed by atoms with Crippen molar-refractivity contribution in [1.82, 2.24) is 5.32 Å². The molecule has 5 heteroatoms. The third-order valence-electron chi connectivity index (χ3n) is 1.95. The number of carbonyl (C=O) groups is 2. The Morgan fingerprint density at radius 2 is 2.20 bits per heavy atom. The summed E-state index contributed by atoms with van der Waals surface area (Å²) < 4.78 is 5.17. The van der Waals surface area contributed by atoms with Gasteiger partial charge in [0.15, 0.2) is 5.76 Å². The molecule has 0 fully saturated rings. The second-order valence-corrected chi connectivity index (χ2v) is 3.15. The van der Waals surface area contributed by atoms with Crippen molar-refractivity contribution in [2.45, 2.75) is 26.3 Å². The summed E-state index contributed by atoms with van der Waals surface area (Å²) in [5, 5.41) is 10.9. The highest BCUT2D eigenvalue weighted by atomic mass is 16.4. The van der Waals surface area contributed by atoms with Gasteiger partial charge in [-0.25, -0.2) is 0 Å². The lowest BCUT2D eigenvalue weighted by molar-refractivity contribution is -0.138. The van der Waals surface area contributed by atoms with Crippen LogP contribution in [0.1, 0.15) is 30.2 Å². The van der Waals surface area contributed by atoms with Crippen LogP contribution in [0, 0.1) is 0 Å². The van der Waals surface area contributed by atoms with Gasteiger partial charge in [0, 0.05) is 6.42 Å². The maximum Gasteiger partial charge on any atom is 0.325 e. The fourth-order valence-electron chi connectivity index (χ4n) is 1.02. The minimum absolute atomic E-state index is 0.139. The molecule has 1 amide bonds. The van der Waals surface area contributed by atoms with Gasteiger partial charge in [0.1, 0.15) is 11.8 Å². The van der Waals surface area contributed by atoms with Gasteiger partial charge in [0.25, 0.3) is 5.91 Å². The molecule has 0 saturated heterocycles. The molecule has 1 aromatic rings. The monoisotopic (exact) mass is 211 g/mol. The second-order valence-electron chi connectivity index (χ2n) is 3.15. The Hall–Kier alpha value is -1.78. The molecule has 0 aliphatic rings. The van der Waals surface area contributed by atoms with Crippen molar-refractivity contribution in [3.05, 3.63) is 23.7 Å². The van der Waals surface area contributed by atoms with Crippen LogP contribution in [0.2, 0.25) is 0 Å². The van der Waals surface area contributed by atoms with Crippen LogP contribution in [0.4, 0.5) is 0 Å². The first-order chi connectivity index (χ1) is 7.04. The van der Waals surface area contributed by atoms with E-state index in [2.05, 4.69) is 5.32 Å². The maximum atomic E-state index is 11.4. The van der Waals surface area contributed by atoms with E-state index in [0.29, 0.717) is 12.2 Å². The summed E-state index contributed by atoms with van der Waals surface area (Å²) >= 11 is 0. The number of nitrogens with one attached hydrogen (secondary N) is 1. The molecule has 5 nitrogen and oxygen atoms in total. The number of aliphatic carboxylic acids is 1. The molecule has 0 bridgehead atoms. The SMILES string of the molecule is CCc1ccc(C(=O)N[C@H](C)C(=O)O)o1. The van der Waals surface area contributed by atoms with E-state index in [1.807, 2.05) is 6.92 Å². The van der Waals surface area contributed by atoms with Crippen molar-refractivity contribution in [2.24, 2.45) is 0 Å². The summed E-state index contributed by atoms with van der Waals surface area (Å²) in [6, 6.07) is 2.30. The molecule has 0 aliphatic carbocycles. The molecule has 2 N–H and O–H groups in total. The standard InChI is InChI=1S/C10H13NO4/c1-3-7-4-5-8(15-7)9(12)11-6(2)10(13)14/h4-6H,3H2,1-2H3,(H,11,12)(H,13,14)/t6-/m1/s1. The number of furan rings is 1. The number of hydrogen-bond donors (Lipinski definition) is 2. The number of carbonyl (C=O) groups excluding carboxylic acids is 1. The molecule has 0 aliphatic heterocycles. The minimum Gasteiger partial charge on any atom is -0.480 e. The smallest absolute Gasteiger partial charge is 0.325 e. The summed E-state index contributed by atoms with van der Waals surface area (Å²) in [6.45, 7) is 3.30. The third-order valence-corrected chi connectivity index (χ3v) is 1.95. The quantitative estimate of drug-likeness (QED) is 0.780. The number of aryl methyl sites for hydroxylation is 1. The first-order valence-electron chi connectivity index (χ1n) is 4.67. The van der Waals surface area contributed by atoms with Crippen LogP contribution in [-0.2, 0) is 11.2 Å².